The predicted octanol–water partition coefficient (Wildman–Crippen LogP) is 5.05. The van der Waals surface area contributed by atoms with Crippen molar-refractivity contribution >= 4 is 34.8 Å². The molecule has 0 radical (unpaired) electrons. The van der Waals surface area contributed by atoms with Crippen LogP contribution in [0.5, 0.6) is 0 Å². The van der Waals surface area contributed by atoms with Crippen LogP contribution in [0, 0.1) is 20.8 Å². The lowest BCUT2D eigenvalue weighted by Crippen LogP contribution is -2.16. The molecule has 4 rings (SSSR count). The van der Waals surface area contributed by atoms with Crippen LogP contribution in [-0.2, 0) is 4.79 Å². The molecule has 0 aliphatic rings. The maximum Gasteiger partial charge on any atom is 0.235 e. The molecule has 4 aromatic rings. The van der Waals surface area contributed by atoms with Crippen molar-refractivity contribution in [2.45, 2.75) is 25.1 Å². The van der Waals surface area contributed by atoms with Crippen LogP contribution in [0.1, 0.15) is 16.1 Å². The Hall–Kier alpha value is -2.97. The molecule has 8 heteroatoms. The molecule has 0 aliphatic heterocycles. The van der Waals surface area contributed by atoms with Gasteiger partial charge in [-0.1, -0.05) is 58.5 Å². The molecule has 0 spiro atoms. The summed E-state index contributed by atoms with van der Waals surface area (Å²) in [5.74, 6) is 0.777. The topological polar surface area (TPSA) is 72.7 Å². The SMILES string of the molecule is Cc1cc(C)cc(-c2cc(NC(=O)CSc3nnc(C)s3)n(-c3ccccc3)n2)c1. The van der Waals surface area contributed by atoms with Gasteiger partial charge in [0.05, 0.1) is 17.1 Å². The summed E-state index contributed by atoms with van der Waals surface area (Å²) in [5.41, 5.74) is 5.07. The van der Waals surface area contributed by atoms with E-state index < -0.39 is 0 Å². The minimum absolute atomic E-state index is 0.114. The second-order valence-corrected chi connectivity index (χ2v) is 9.37. The van der Waals surface area contributed by atoms with Crippen molar-refractivity contribution in [3.8, 4) is 16.9 Å². The van der Waals surface area contributed by atoms with Gasteiger partial charge in [-0.15, -0.1) is 10.2 Å². The number of benzene rings is 2. The standard InChI is InChI=1S/C22H21N5OS2/c1-14-9-15(2)11-17(10-14)19-12-20(27(26-19)18-7-5-4-6-8-18)23-21(28)13-29-22-25-24-16(3)30-22/h4-12H,13H2,1-3H3,(H,23,28). The summed E-state index contributed by atoms with van der Waals surface area (Å²) in [6.45, 7) is 6.04. The average Bonchev–Trinajstić information content (AvgIpc) is 3.32. The lowest BCUT2D eigenvalue weighted by atomic mass is 10.1. The Labute approximate surface area is 183 Å². The predicted molar refractivity (Wildman–Crippen MR) is 122 cm³/mol. The van der Waals surface area contributed by atoms with E-state index in [0.717, 1.165) is 26.3 Å². The number of rotatable bonds is 6. The third-order valence-electron chi connectivity index (χ3n) is 4.33. The Bertz CT molecular complexity index is 1160. The molecule has 2 aromatic heterocycles. The van der Waals surface area contributed by atoms with Gasteiger partial charge >= 0.3 is 0 Å². The Morgan fingerprint density at radius 1 is 1.03 bits per heavy atom. The van der Waals surface area contributed by atoms with Gasteiger partial charge in [0.15, 0.2) is 4.34 Å². The van der Waals surface area contributed by atoms with E-state index in [1.807, 2.05) is 43.3 Å². The smallest absolute Gasteiger partial charge is 0.235 e. The lowest BCUT2D eigenvalue weighted by Gasteiger charge is -2.08. The summed E-state index contributed by atoms with van der Waals surface area (Å²) >= 11 is 2.86. The molecule has 0 aliphatic carbocycles. The van der Waals surface area contributed by atoms with Gasteiger partial charge in [0, 0.05) is 11.6 Å². The first-order valence-corrected chi connectivity index (χ1v) is 11.2. The molecule has 0 saturated carbocycles. The monoisotopic (exact) mass is 435 g/mol. The first-order valence-electron chi connectivity index (χ1n) is 9.45. The molecule has 2 aromatic carbocycles. The van der Waals surface area contributed by atoms with Gasteiger partial charge < -0.3 is 5.32 Å². The fraction of sp³-hybridized carbons (Fsp3) is 0.182. The van der Waals surface area contributed by atoms with Crippen molar-refractivity contribution in [1.82, 2.24) is 20.0 Å². The summed E-state index contributed by atoms with van der Waals surface area (Å²) < 4.78 is 2.56. The van der Waals surface area contributed by atoms with Gasteiger partial charge in [-0.3, -0.25) is 4.79 Å². The van der Waals surface area contributed by atoms with Gasteiger partial charge in [-0.05, 0) is 45.0 Å². The highest BCUT2D eigenvalue weighted by molar-refractivity contribution is 8.01. The van der Waals surface area contributed by atoms with E-state index in [4.69, 9.17) is 5.10 Å². The van der Waals surface area contributed by atoms with Gasteiger partial charge in [0.2, 0.25) is 5.91 Å². The third kappa shape index (κ3) is 4.77. The Balaban J connectivity index is 1.61. The molecular weight excluding hydrogens is 414 g/mol. The fourth-order valence-electron chi connectivity index (χ4n) is 3.14. The van der Waals surface area contributed by atoms with Crippen molar-refractivity contribution in [3.05, 3.63) is 70.7 Å². The van der Waals surface area contributed by atoms with Crippen LogP contribution in [0.25, 0.3) is 16.9 Å². The molecular formula is C22H21N5OS2. The van der Waals surface area contributed by atoms with Crippen molar-refractivity contribution in [1.29, 1.82) is 0 Å². The van der Waals surface area contributed by atoms with Crippen LogP contribution in [-0.4, -0.2) is 31.6 Å². The molecule has 1 amide bonds. The lowest BCUT2D eigenvalue weighted by molar-refractivity contribution is -0.113. The van der Waals surface area contributed by atoms with Crippen molar-refractivity contribution < 1.29 is 4.79 Å². The number of aromatic nitrogens is 4. The van der Waals surface area contributed by atoms with E-state index in [-0.39, 0.29) is 11.7 Å². The van der Waals surface area contributed by atoms with Gasteiger partial charge in [0.1, 0.15) is 10.8 Å². The molecule has 0 saturated heterocycles. The number of hydrogen-bond acceptors (Lipinski definition) is 6. The van der Waals surface area contributed by atoms with Crippen LogP contribution in [0.4, 0.5) is 5.82 Å². The van der Waals surface area contributed by atoms with E-state index >= 15 is 0 Å². The van der Waals surface area contributed by atoms with E-state index in [2.05, 4.69) is 47.6 Å². The van der Waals surface area contributed by atoms with Crippen LogP contribution in [0.2, 0.25) is 0 Å². The van der Waals surface area contributed by atoms with Crippen LogP contribution in [0.15, 0.2) is 58.9 Å². The minimum atomic E-state index is -0.114. The number of nitrogens with zero attached hydrogens (tertiary/aromatic N) is 4. The van der Waals surface area contributed by atoms with Crippen LogP contribution in [0.3, 0.4) is 0 Å². The minimum Gasteiger partial charge on any atom is -0.310 e. The number of anilines is 1. The highest BCUT2D eigenvalue weighted by Gasteiger charge is 2.15. The zero-order chi connectivity index (χ0) is 21.1. The second-order valence-electron chi connectivity index (χ2n) is 6.96. The molecule has 152 valence electrons. The van der Waals surface area contributed by atoms with E-state index in [0.29, 0.717) is 5.82 Å². The Morgan fingerprint density at radius 2 is 1.77 bits per heavy atom. The number of amides is 1. The molecule has 0 atom stereocenters. The number of carbonyl (C=O) groups is 1. The van der Waals surface area contributed by atoms with Crippen molar-refractivity contribution in [3.63, 3.8) is 0 Å². The third-order valence-corrected chi connectivity index (χ3v) is 6.30. The highest BCUT2D eigenvalue weighted by Crippen LogP contribution is 2.27. The first-order chi connectivity index (χ1) is 14.5. The highest BCUT2D eigenvalue weighted by atomic mass is 32.2. The summed E-state index contributed by atoms with van der Waals surface area (Å²) in [7, 11) is 0. The van der Waals surface area contributed by atoms with Crippen molar-refractivity contribution in [2.75, 3.05) is 11.1 Å². The largest absolute Gasteiger partial charge is 0.310 e. The normalized spacial score (nSPS) is 10.9. The Morgan fingerprint density at radius 3 is 2.43 bits per heavy atom. The van der Waals surface area contributed by atoms with E-state index in [1.165, 1.54) is 34.2 Å². The van der Waals surface area contributed by atoms with E-state index in [9.17, 15) is 4.79 Å². The quantitative estimate of drug-likeness (QED) is 0.429. The van der Waals surface area contributed by atoms with Crippen molar-refractivity contribution in [2.24, 2.45) is 0 Å². The van der Waals surface area contributed by atoms with Gasteiger partial charge in [-0.2, -0.15) is 5.10 Å². The maximum absolute atomic E-state index is 12.6. The average molecular weight is 436 g/mol. The first kappa shape index (κ1) is 20.3. The number of nitrogens with one attached hydrogen (secondary N) is 1. The number of aryl methyl sites for hydroxylation is 3. The molecule has 0 unspecified atom stereocenters. The van der Waals surface area contributed by atoms with Gasteiger partial charge in [0.25, 0.3) is 0 Å². The maximum atomic E-state index is 12.6. The van der Waals surface area contributed by atoms with Gasteiger partial charge in [-0.25, -0.2) is 4.68 Å². The summed E-state index contributed by atoms with van der Waals surface area (Å²) in [4.78, 5) is 12.6. The summed E-state index contributed by atoms with van der Waals surface area (Å²) in [6, 6.07) is 18.0. The fourth-order valence-corrected chi connectivity index (χ4v) is 4.76. The molecule has 1 N–H and O–H groups in total. The van der Waals surface area contributed by atoms with Crippen LogP contribution >= 0.6 is 23.1 Å². The molecule has 0 bridgehead atoms. The zero-order valence-electron chi connectivity index (χ0n) is 16.9. The summed E-state index contributed by atoms with van der Waals surface area (Å²) in [5, 5.41) is 16.7. The van der Waals surface area contributed by atoms with Crippen LogP contribution < -0.4 is 5.32 Å². The molecule has 6 nitrogen and oxygen atoms in total. The molecule has 30 heavy (non-hydrogen) atoms. The zero-order valence-corrected chi connectivity index (χ0v) is 18.5. The number of carbonyl (C=O) groups excluding carboxylic acids is 1. The second kappa shape index (κ2) is 8.81. The summed E-state index contributed by atoms with van der Waals surface area (Å²) in [6.07, 6.45) is 0. The number of hydrogen-bond donors (Lipinski definition) is 1. The van der Waals surface area contributed by atoms with E-state index in [1.54, 1.807) is 4.68 Å². The molecule has 2 heterocycles. The number of para-hydroxylation sites is 1. The Kier molecular flexibility index (Phi) is 5.96. The molecule has 0 fully saturated rings. The number of thioether (sulfide) groups is 1.